The van der Waals surface area contributed by atoms with Crippen molar-refractivity contribution in [1.82, 2.24) is 14.8 Å². The zero-order valence-electron chi connectivity index (χ0n) is 23.2. The number of nitrogens with two attached hydrogens (primary N) is 1. The normalized spacial score (nSPS) is 16.1. The zero-order chi connectivity index (χ0) is 30.4. The first-order valence-electron chi connectivity index (χ1n) is 13.6. The lowest BCUT2D eigenvalue weighted by molar-refractivity contribution is -0.131. The van der Waals surface area contributed by atoms with E-state index in [0.717, 1.165) is 51.0 Å². The van der Waals surface area contributed by atoms with Crippen molar-refractivity contribution in [3.63, 3.8) is 0 Å². The highest BCUT2D eigenvalue weighted by Gasteiger charge is 2.30. The van der Waals surface area contributed by atoms with Crippen LogP contribution in [0.1, 0.15) is 28.8 Å². The maximum absolute atomic E-state index is 13.1. The van der Waals surface area contributed by atoms with E-state index in [1.54, 1.807) is 23.1 Å². The van der Waals surface area contributed by atoms with Crippen LogP contribution in [0.3, 0.4) is 0 Å². The number of hydrogen-bond donors (Lipinski definition) is 4. The molecule has 3 aromatic rings. The summed E-state index contributed by atoms with van der Waals surface area (Å²) in [5.41, 5.74) is 7.01. The molecule has 0 unspecified atom stereocenters. The Labute approximate surface area is 247 Å². The molecule has 13 heteroatoms. The van der Waals surface area contributed by atoms with Crippen molar-refractivity contribution in [2.24, 2.45) is 11.7 Å². The Morgan fingerprint density at radius 2 is 1.74 bits per heavy atom. The van der Waals surface area contributed by atoms with Crippen molar-refractivity contribution in [3.8, 4) is 0 Å². The number of aromatic amines is 1. The van der Waals surface area contributed by atoms with E-state index >= 15 is 0 Å². The van der Waals surface area contributed by atoms with E-state index in [9.17, 15) is 28.7 Å². The fraction of sp³-hybridized carbons (Fsp3) is 0.379. The Bertz CT molecular complexity index is 1450. The van der Waals surface area contributed by atoms with Crippen molar-refractivity contribution >= 4 is 58.2 Å². The summed E-state index contributed by atoms with van der Waals surface area (Å²) in [5.74, 6) is -2.01. The maximum atomic E-state index is 13.1. The Kier molecular flexibility index (Phi) is 10.0. The van der Waals surface area contributed by atoms with Gasteiger partial charge < -0.3 is 35.8 Å². The number of anilines is 2. The van der Waals surface area contributed by atoms with E-state index in [-0.39, 0.29) is 28.1 Å². The number of piperidine rings is 1. The zero-order valence-corrected chi connectivity index (χ0v) is 24.0. The first-order valence-corrected chi connectivity index (χ1v) is 14.0. The topological polar surface area (TPSA) is 152 Å². The minimum Gasteiger partial charge on any atom is -0.475 e. The predicted octanol–water partition coefficient (Wildman–Crippen LogP) is 3.57. The number of carbonyl (C=O) groups is 4. The molecule has 2 fully saturated rings. The number of hydrogen-bond acceptors (Lipinski definition) is 6. The fourth-order valence-corrected chi connectivity index (χ4v) is 5.51. The smallest absolute Gasteiger partial charge is 0.377 e. The number of primary amides is 1. The summed E-state index contributed by atoms with van der Waals surface area (Å²) in [4.78, 5) is 54.5. The number of amides is 3. The van der Waals surface area contributed by atoms with Crippen LogP contribution in [0.5, 0.6) is 0 Å². The number of nitrogens with one attached hydrogen (secondary N) is 2. The van der Waals surface area contributed by atoms with Gasteiger partial charge in [-0.3, -0.25) is 9.59 Å². The molecule has 0 radical (unpaired) electrons. The highest BCUT2D eigenvalue weighted by Crippen LogP contribution is 2.37. The average molecular weight is 601 g/mol. The summed E-state index contributed by atoms with van der Waals surface area (Å²) in [6.07, 6.45) is 2.97. The van der Waals surface area contributed by atoms with Crippen LogP contribution in [0.15, 0.2) is 36.4 Å². The largest absolute Gasteiger partial charge is 0.475 e. The number of H-pyrrole nitrogens is 1. The maximum Gasteiger partial charge on any atom is 0.377 e. The van der Waals surface area contributed by atoms with E-state index in [1.165, 1.54) is 18.2 Å². The number of halogens is 2. The summed E-state index contributed by atoms with van der Waals surface area (Å²) in [5, 5.41) is 12.5. The highest BCUT2D eigenvalue weighted by molar-refractivity contribution is 6.44. The molecule has 42 heavy (non-hydrogen) atoms. The molecule has 11 nitrogen and oxygen atoms in total. The van der Waals surface area contributed by atoms with Crippen LogP contribution < -0.4 is 16.0 Å². The van der Waals surface area contributed by atoms with E-state index in [2.05, 4.69) is 15.2 Å². The van der Waals surface area contributed by atoms with Crippen LogP contribution in [0, 0.1) is 11.7 Å². The number of likely N-dealkylation sites (N-methyl/N-ethyl adjacent to an activating group) is 1. The van der Waals surface area contributed by atoms with Gasteiger partial charge >= 0.3 is 12.0 Å². The van der Waals surface area contributed by atoms with Crippen LogP contribution in [0.25, 0.3) is 10.9 Å². The molecule has 2 aliphatic rings. The quantitative estimate of drug-likeness (QED) is 0.184. The third-order valence-electron chi connectivity index (χ3n) is 7.69. The van der Waals surface area contributed by atoms with E-state index < -0.39 is 11.8 Å². The Morgan fingerprint density at radius 3 is 2.31 bits per heavy atom. The standard InChI is InChI=1S/C23H21ClFN3O4.C6H13N3O/c24-17-11-18-16(10-19(17)26-12-29)20(21(30)23(31)32)22(27-18)28-7-5-14(6-8-28)9-13-1-3-15(25)4-2-13;1-8-2-4-9(5-3-8)6(7)10/h1-4,10-12,14,27H,5-9H2,(H,26,29)(H,31,32);2-5H2,1H3,(H2,7,10). The fourth-order valence-electron chi connectivity index (χ4n) is 5.29. The molecule has 0 atom stereocenters. The molecule has 2 aromatic carbocycles. The van der Waals surface area contributed by atoms with Crippen LogP contribution >= 0.6 is 11.6 Å². The molecule has 2 saturated heterocycles. The van der Waals surface area contributed by atoms with E-state index in [1.807, 2.05) is 11.9 Å². The van der Waals surface area contributed by atoms with Gasteiger partial charge in [-0.2, -0.15) is 0 Å². The lowest BCUT2D eigenvalue weighted by Crippen LogP contribution is -2.49. The second kappa shape index (κ2) is 13.7. The van der Waals surface area contributed by atoms with Crippen LogP contribution in [-0.4, -0.2) is 90.4 Å². The van der Waals surface area contributed by atoms with Crippen molar-refractivity contribution in [3.05, 3.63) is 58.4 Å². The van der Waals surface area contributed by atoms with Crippen LogP contribution in [0.2, 0.25) is 5.02 Å². The van der Waals surface area contributed by atoms with Gasteiger partial charge in [0.05, 0.1) is 16.3 Å². The van der Waals surface area contributed by atoms with Gasteiger partial charge in [0.25, 0.3) is 5.78 Å². The Morgan fingerprint density at radius 1 is 1.10 bits per heavy atom. The van der Waals surface area contributed by atoms with Gasteiger partial charge in [-0.1, -0.05) is 23.7 Å². The molecule has 3 heterocycles. The van der Waals surface area contributed by atoms with Crippen LogP contribution in [0.4, 0.5) is 20.7 Å². The lowest BCUT2D eigenvalue weighted by Gasteiger charge is -2.33. The number of carboxylic acids is 1. The molecule has 5 rings (SSSR count). The van der Waals surface area contributed by atoms with Crippen LogP contribution in [-0.2, 0) is 16.0 Å². The van der Waals surface area contributed by atoms with Gasteiger partial charge in [-0.25, -0.2) is 14.0 Å². The van der Waals surface area contributed by atoms with Crippen molar-refractivity contribution < 1.29 is 28.7 Å². The van der Waals surface area contributed by atoms with Gasteiger partial charge in [0, 0.05) is 50.2 Å². The number of ketones is 1. The minimum atomic E-state index is -1.56. The Hall–Kier alpha value is -4.16. The second-order valence-corrected chi connectivity index (χ2v) is 10.9. The summed E-state index contributed by atoms with van der Waals surface area (Å²) < 4.78 is 13.1. The molecule has 2 aliphatic heterocycles. The SMILES string of the molecule is CN1CCN(C(N)=O)CC1.O=CNc1cc2c(C(=O)C(=O)O)c(N3CCC(Cc4ccc(F)cc4)CC3)[nH]c2cc1Cl. The van der Waals surface area contributed by atoms with Crippen molar-refractivity contribution in [1.29, 1.82) is 0 Å². The summed E-state index contributed by atoms with van der Waals surface area (Å²) >= 11 is 6.20. The number of fused-ring (bicyclic) bond motifs is 1. The first kappa shape index (κ1) is 30.8. The van der Waals surface area contributed by atoms with Gasteiger partial charge in [-0.15, -0.1) is 0 Å². The molecule has 5 N–H and O–H groups in total. The number of piperazine rings is 1. The minimum absolute atomic E-state index is 0.0510. The highest BCUT2D eigenvalue weighted by atomic mass is 35.5. The number of aliphatic carboxylic acids is 1. The number of urea groups is 1. The third-order valence-corrected chi connectivity index (χ3v) is 8.00. The van der Waals surface area contributed by atoms with Crippen molar-refractivity contribution in [2.75, 3.05) is 56.5 Å². The number of rotatable bonds is 7. The molecule has 0 aliphatic carbocycles. The Balaban J connectivity index is 0.000000343. The third kappa shape index (κ3) is 7.37. The van der Waals surface area contributed by atoms with Gasteiger partial charge in [0.2, 0.25) is 6.41 Å². The summed E-state index contributed by atoms with van der Waals surface area (Å²) in [6.45, 7) is 4.67. The number of aromatic nitrogens is 1. The monoisotopic (exact) mass is 600 g/mol. The van der Waals surface area contributed by atoms with Gasteiger partial charge in [0.1, 0.15) is 11.6 Å². The molecular formula is C29H34ClFN6O5. The van der Waals surface area contributed by atoms with E-state index in [0.29, 0.717) is 42.1 Å². The molecule has 3 amide bonds. The number of Topliss-reactive ketones (excluding diaryl/α,β-unsaturated/α-hetero) is 1. The molecule has 0 bridgehead atoms. The summed E-state index contributed by atoms with van der Waals surface area (Å²) in [6, 6.07) is 9.26. The van der Waals surface area contributed by atoms with Gasteiger partial charge in [-0.05, 0) is 62.1 Å². The molecule has 1 aromatic heterocycles. The van der Waals surface area contributed by atoms with Gasteiger partial charge in [0.15, 0.2) is 0 Å². The lowest BCUT2D eigenvalue weighted by atomic mass is 9.90. The second-order valence-electron chi connectivity index (χ2n) is 10.5. The number of carbonyl (C=O) groups excluding carboxylic acids is 3. The summed E-state index contributed by atoms with van der Waals surface area (Å²) in [7, 11) is 2.04. The molecule has 0 spiro atoms. The van der Waals surface area contributed by atoms with E-state index in [4.69, 9.17) is 17.3 Å². The van der Waals surface area contributed by atoms with Crippen molar-refractivity contribution in [2.45, 2.75) is 19.3 Å². The molecule has 224 valence electrons. The predicted molar refractivity (Wildman–Crippen MR) is 159 cm³/mol. The average Bonchev–Trinajstić information content (AvgIpc) is 3.33. The first-order chi connectivity index (χ1) is 20.1. The number of carboxylic acid groups (broad SMARTS) is 1. The number of benzene rings is 2. The molecular weight excluding hydrogens is 567 g/mol. The molecule has 0 saturated carbocycles. The number of nitrogens with zero attached hydrogens (tertiary/aromatic N) is 3.